The highest BCUT2D eigenvalue weighted by molar-refractivity contribution is 7.89. The highest BCUT2D eigenvalue weighted by Gasteiger charge is 2.32. The first-order valence-corrected chi connectivity index (χ1v) is 12.9. The zero-order chi connectivity index (χ0) is 24.0. The second-order valence-electron chi connectivity index (χ2n) is 9.10. The first kappa shape index (κ1) is 22.9. The number of hydrogen-bond acceptors (Lipinski definition) is 4. The van der Waals surface area contributed by atoms with Crippen LogP contribution in [0.15, 0.2) is 41.4 Å². The Labute approximate surface area is 196 Å². The number of rotatable bonds is 9. The lowest BCUT2D eigenvalue weighted by Crippen LogP contribution is -2.37. The smallest absolute Gasteiger partial charge is 0.251 e. The van der Waals surface area contributed by atoms with E-state index in [9.17, 15) is 22.0 Å². The van der Waals surface area contributed by atoms with E-state index >= 15 is 0 Å². The fraction of sp³-hybridized carbons (Fsp3) is 0.417. The molecule has 2 aromatic heterocycles. The summed E-state index contributed by atoms with van der Waals surface area (Å²) in [7, 11) is -4.15. The van der Waals surface area contributed by atoms with E-state index in [1.807, 2.05) is 16.9 Å². The fourth-order valence-corrected chi connectivity index (χ4v) is 5.73. The van der Waals surface area contributed by atoms with Crippen LogP contribution in [0, 0.1) is 0 Å². The predicted molar refractivity (Wildman–Crippen MR) is 125 cm³/mol. The molecule has 10 heteroatoms. The third kappa shape index (κ3) is 3.98. The summed E-state index contributed by atoms with van der Waals surface area (Å²) in [6, 6.07) is 7.70. The van der Waals surface area contributed by atoms with Crippen LogP contribution < -0.4 is 10.5 Å². The average Bonchev–Trinajstić information content (AvgIpc) is 3.59. The molecule has 2 aliphatic rings. The number of fused-ring (bicyclic) bond motifs is 1. The van der Waals surface area contributed by atoms with Gasteiger partial charge in [0, 0.05) is 23.1 Å². The van der Waals surface area contributed by atoms with Crippen molar-refractivity contribution >= 4 is 26.8 Å². The number of pyridine rings is 1. The highest BCUT2D eigenvalue weighted by atomic mass is 32.2. The van der Waals surface area contributed by atoms with Gasteiger partial charge in [-0.1, -0.05) is 12.1 Å². The van der Waals surface area contributed by atoms with Gasteiger partial charge < -0.3 is 10.3 Å². The van der Waals surface area contributed by atoms with Gasteiger partial charge in [-0.2, -0.15) is 0 Å². The Morgan fingerprint density at radius 1 is 1.15 bits per heavy atom. The van der Waals surface area contributed by atoms with Crippen LogP contribution in [0.2, 0.25) is 0 Å². The molecular weight excluding hydrogens is 462 g/mol. The first-order chi connectivity index (χ1) is 16.3. The molecule has 5 rings (SSSR count). The molecule has 0 radical (unpaired) electrons. The highest BCUT2D eigenvalue weighted by Crippen LogP contribution is 2.45. The van der Waals surface area contributed by atoms with E-state index in [1.54, 1.807) is 0 Å². The second kappa shape index (κ2) is 8.74. The van der Waals surface area contributed by atoms with E-state index in [4.69, 9.17) is 5.73 Å². The lowest BCUT2D eigenvalue weighted by atomic mass is 9.92. The molecule has 180 valence electrons. The number of amides is 1. The number of benzene rings is 1. The van der Waals surface area contributed by atoms with Gasteiger partial charge in [0.1, 0.15) is 18.2 Å². The maximum Gasteiger partial charge on any atom is 0.251 e. The van der Waals surface area contributed by atoms with Crippen molar-refractivity contribution in [2.75, 3.05) is 13.3 Å². The molecule has 1 aromatic carbocycles. The molecule has 3 N–H and O–H groups in total. The maximum atomic E-state index is 12.8. The fourth-order valence-electron chi connectivity index (χ4n) is 4.59. The Morgan fingerprint density at radius 2 is 1.88 bits per heavy atom. The Morgan fingerprint density at radius 3 is 2.41 bits per heavy atom. The number of carbonyl (C=O) groups excluding carboxylic acids is 1. The van der Waals surface area contributed by atoms with Gasteiger partial charge in [-0.3, -0.25) is 9.78 Å². The number of nitrogens with two attached hydrogens (primary N) is 1. The summed E-state index contributed by atoms with van der Waals surface area (Å²) in [5, 5.41) is 0.757. The van der Waals surface area contributed by atoms with E-state index in [-0.39, 0.29) is 10.9 Å². The number of hydrogen-bond donors (Lipinski definition) is 2. The van der Waals surface area contributed by atoms with E-state index in [1.165, 1.54) is 17.7 Å². The third-order valence-electron chi connectivity index (χ3n) is 6.75. The Bertz CT molecular complexity index is 1340. The summed E-state index contributed by atoms with van der Waals surface area (Å²) in [4.78, 5) is 16.7. The lowest BCUT2D eigenvalue weighted by Gasteiger charge is -2.30. The molecule has 0 unspecified atom stereocenters. The third-order valence-corrected chi connectivity index (χ3v) is 8.25. The number of aromatic nitrogens is 2. The molecule has 0 atom stereocenters. The van der Waals surface area contributed by atoms with E-state index in [0.29, 0.717) is 22.9 Å². The molecule has 3 aromatic rings. The molecule has 34 heavy (non-hydrogen) atoms. The molecule has 2 fully saturated rings. The quantitative estimate of drug-likeness (QED) is 0.475. The summed E-state index contributed by atoms with van der Waals surface area (Å²) >= 11 is 0. The standard InChI is InChI=1S/C24H26F2N4O3S/c25-11-16(12-26)29-34(32,33)18-7-9-20(28-13-18)23-22(24(27)31)19-8-6-15(14-4-5-14)10-21(19)30(23)17-2-1-3-17/h6-10,13-14,16-17,29H,1-5,11-12H2,(H2,27,31). The van der Waals surface area contributed by atoms with E-state index < -0.39 is 35.3 Å². The van der Waals surface area contributed by atoms with Crippen LogP contribution >= 0.6 is 0 Å². The van der Waals surface area contributed by atoms with Gasteiger partial charge in [0.05, 0.1) is 23.0 Å². The van der Waals surface area contributed by atoms with Crippen LogP contribution in [0.5, 0.6) is 0 Å². The summed E-state index contributed by atoms with van der Waals surface area (Å²) in [5.74, 6) is -0.0339. The summed E-state index contributed by atoms with van der Waals surface area (Å²) < 4.78 is 54.8. The van der Waals surface area contributed by atoms with E-state index in [0.717, 1.165) is 49.2 Å². The number of sulfonamides is 1. The van der Waals surface area contributed by atoms with Crippen molar-refractivity contribution in [2.45, 2.75) is 55.0 Å². The molecule has 0 bridgehead atoms. The Kier molecular flexibility index (Phi) is 5.89. The summed E-state index contributed by atoms with van der Waals surface area (Å²) in [6.45, 7) is -2.32. The van der Waals surface area contributed by atoms with Gasteiger partial charge in [-0.15, -0.1) is 0 Å². The van der Waals surface area contributed by atoms with Crippen LogP contribution in [0.4, 0.5) is 8.78 Å². The number of alkyl halides is 2. The molecule has 0 spiro atoms. The van der Waals surface area contributed by atoms with E-state index in [2.05, 4.69) is 15.6 Å². The molecule has 2 saturated carbocycles. The zero-order valence-electron chi connectivity index (χ0n) is 18.5. The predicted octanol–water partition coefficient (Wildman–Crippen LogP) is 3.99. The molecule has 1 amide bonds. The number of halogens is 2. The van der Waals surface area contributed by atoms with Gasteiger partial charge in [0.25, 0.3) is 5.91 Å². The van der Waals surface area contributed by atoms with Crippen molar-refractivity contribution in [3.8, 4) is 11.4 Å². The van der Waals surface area contributed by atoms with Crippen LogP contribution in [-0.4, -0.2) is 43.3 Å². The molecule has 0 aliphatic heterocycles. The van der Waals surface area contributed by atoms with Crippen molar-refractivity contribution in [3.05, 3.63) is 47.7 Å². The number of nitrogens with one attached hydrogen (secondary N) is 1. The summed E-state index contributed by atoms with van der Waals surface area (Å²) in [5.41, 5.74) is 9.35. The van der Waals surface area contributed by atoms with Crippen LogP contribution in [0.25, 0.3) is 22.3 Å². The molecular formula is C24H26F2N4O3S. The average molecular weight is 489 g/mol. The second-order valence-corrected chi connectivity index (χ2v) is 10.8. The molecule has 2 aliphatic carbocycles. The van der Waals surface area contributed by atoms with Crippen LogP contribution in [0.3, 0.4) is 0 Å². The maximum absolute atomic E-state index is 12.8. The molecule has 7 nitrogen and oxygen atoms in total. The van der Waals surface area contributed by atoms with Gasteiger partial charge in [-0.05, 0) is 61.8 Å². The van der Waals surface area contributed by atoms with Gasteiger partial charge in [0.2, 0.25) is 10.0 Å². The van der Waals surface area contributed by atoms with Crippen molar-refractivity contribution in [2.24, 2.45) is 5.73 Å². The minimum atomic E-state index is -4.15. The summed E-state index contributed by atoms with van der Waals surface area (Å²) in [6.07, 6.45) is 6.46. The SMILES string of the molecule is NC(=O)c1c(-c2ccc(S(=O)(=O)NC(CF)CF)cn2)n(C2CCC2)c2cc(C3CC3)ccc12. The van der Waals surface area contributed by atoms with Gasteiger partial charge in [0.15, 0.2) is 0 Å². The minimum Gasteiger partial charge on any atom is -0.366 e. The lowest BCUT2D eigenvalue weighted by molar-refractivity contribution is 0.100. The van der Waals surface area contributed by atoms with Crippen LogP contribution in [-0.2, 0) is 10.0 Å². The normalized spacial score (nSPS) is 16.8. The van der Waals surface area contributed by atoms with Crippen molar-refractivity contribution < 1.29 is 22.0 Å². The minimum absolute atomic E-state index is 0.196. The van der Waals surface area contributed by atoms with Crippen molar-refractivity contribution in [1.29, 1.82) is 0 Å². The monoisotopic (exact) mass is 488 g/mol. The zero-order valence-corrected chi connectivity index (χ0v) is 19.3. The Hall–Kier alpha value is -2.85. The number of nitrogens with zero attached hydrogens (tertiary/aromatic N) is 2. The van der Waals surface area contributed by atoms with Gasteiger partial charge in [-0.25, -0.2) is 21.9 Å². The number of carbonyl (C=O) groups is 1. The first-order valence-electron chi connectivity index (χ1n) is 11.4. The molecule has 2 heterocycles. The largest absolute Gasteiger partial charge is 0.366 e. The molecule has 0 saturated heterocycles. The van der Waals surface area contributed by atoms with Gasteiger partial charge >= 0.3 is 0 Å². The van der Waals surface area contributed by atoms with Crippen molar-refractivity contribution in [3.63, 3.8) is 0 Å². The van der Waals surface area contributed by atoms with Crippen molar-refractivity contribution in [1.82, 2.24) is 14.3 Å². The topological polar surface area (TPSA) is 107 Å². The van der Waals surface area contributed by atoms with Crippen LogP contribution in [0.1, 0.15) is 60.0 Å². The Balaban J connectivity index is 1.63. The number of primary amides is 1.